The first kappa shape index (κ1) is 15.1. The van der Waals surface area contributed by atoms with E-state index in [1.54, 1.807) is 0 Å². The van der Waals surface area contributed by atoms with E-state index in [1.165, 1.54) is 10.4 Å². The molecule has 4 nitrogen and oxygen atoms in total. The van der Waals surface area contributed by atoms with Crippen molar-refractivity contribution in [1.82, 2.24) is 14.5 Å². The number of aryl methyl sites for hydroxylation is 2. The average Bonchev–Trinajstić information content (AvgIpc) is 3.17. The summed E-state index contributed by atoms with van der Waals surface area (Å²) in [6, 6.07) is 6.46. The molecule has 0 aliphatic heterocycles. The first-order chi connectivity index (χ1) is 10.6. The highest BCUT2D eigenvalue weighted by Crippen LogP contribution is 2.30. The third kappa shape index (κ3) is 2.87. The normalized spacial score (nSPS) is 13.0. The summed E-state index contributed by atoms with van der Waals surface area (Å²) in [6.45, 7) is 4.98. The van der Waals surface area contributed by atoms with E-state index in [0.717, 1.165) is 23.9 Å². The molecule has 1 atom stereocenters. The SMILES string of the molecule is Cc1ccc(-c2nccn2C[C@@H](c2sccc2C)N(C)C)o1. The van der Waals surface area contributed by atoms with Gasteiger partial charge in [0.2, 0.25) is 0 Å². The number of likely N-dealkylation sites (N-methyl/N-ethyl adjacent to an activating group) is 1. The van der Waals surface area contributed by atoms with E-state index in [4.69, 9.17) is 4.42 Å². The van der Waals surface area contributed by atoms with Gasteiger partial charge in [-0.15, -0.1) is 11.3 Å². The summed E-state index contributed by atoms with van der Waals surface area (Å²) in [5, 5.41) is 2.16. The molecule has 0 amide bonds. The number of nitrogens with zero attached hydrogens (tertiary/aromatic N) is 3. The number of rotatable bonds is 5. The lowest BCUT2D eigenvalue weighted by Crippen LogP contribution is -2.24. The van der Waals surface area contributed by atoms with Gasteiger partial charge in [-0.25, -0.2) is 4.98 Å². The van der Waals surface area contributed by atoms with Crippen LogP contribution in [-0.4, -0.2) is 28.5 Å². The van der Waals surface area contributed by atoms with E-state index < -0.39 is 0 Å². The second-order valence-electron chi connectivity index (χ2n) is 5.76. The first-order valence-corrected chi connectivity index (χ1v) is 8.22. The van der Waals surface area contributed by atoms with E-state index in [-0.39, 0.29) is 0 Å². The van der Waals surface area contributed by atoms with Crippen molar-refractivity contribution in [2.24, 2.45) is 0 Å². The molecule has 0 N–H and O–H groups in total. The topological polar surface area (TPSA) is 34.2 Å². The van der Waals surface area contributed by atoms with Crippen LogP contribution in [0, 0.1) is 13.8 Å². The van der Waals surface area contributed by atoms with E-state index >= 15 is 0 Å². The lowest BCUT2D eigenvalue weighted by Gasteiger charge is -2.25. The van der Waals surface area contributed by atoms with E-state index in [2.05, 4.69) is 46.9 Å². The molecule has 0 radical (unpaired) electrons. The smallest absolute Gasteiger partial charge is 0.176 e. The molecule has 0 unspecified atom stereocenters. The Bertz CT molecular complexity index is 753. The molecule has 0 aromatic carbocycles. The molecule has 116 valence electrons. The van der Waals surface area contributed by atoms with Gasteiger partial charge >= 0.3 is 0 Å². The van der Waals surface area contributed by atoms with Crippen LogP contribution in [0.3, 0.4) is 0 Å². The van der Waals surface area contributed by atoms with Crippen LogP contribution in [0.25, 0.3) is 11.6 Å². The summed E-state index contributed by atoms with van der Waals surface area (Å²) < 4.78 is 7.90. The third-order valence-corrected chi connectivity index (χ3v) is 4.99. The quantitative estimate of drug-likeness (QED) is 0.710. The molecule has 3 aromatic rings. The molecule has 0 bridgehead atoms. The largest absolute Gasteiger partial charge is 0.458 e. The summed E-state index contributed by atoms with van der Waals surface area (Å²) in [5.74, 6) is 2.61. The van der Waals surface area contributed by atoms with Crippen molar-refractivity contribution in [3.8, 4) is 11.6 Å². The predicted molar refractivity (Wildman–Crippen MR) is 90.2 cm³/mol. The third-order valence-electron chi connectivity index (χ3n) is 3.87. The highest BCUT2D eigenvalue weighted by Gasteiger charge is 2.20. The van der Waals surface area contributed by atoms with Gasteiger partial charge < -0.3 is 13.9 Å². The maximum atomic E-state index is 5.73. The van der Waals surface area contributed by atoms with E-state index in [1.807, 2.05) is 42.8 Å². The number of hydrogen-bond acceptors (Lipinski definition) is 4. The minimum atomic E-state index is 0.323. The van der Waals surface area contributed by atoms with Gasteiger partial charge in [0.25, 0.3) is 0 Å². The summed E-state index contributed by atoms with van der Waals surface area (Å²) in [5.41, 5.74) is 1.35. The highest BCUT2D eigenvalue weighted by molar-refractivity contribution is 7.10. The average molecular weight is 315 g/mol. The Kier molecular flexibility index (Phi) is 4.18. The second-order valence-corrected chi connectivity index (χ2v) is 6.71. The lowest BCUT2D eigenvalue weighted by molar-refractivity contribution is 0.272. The van der Waals surface area contributed by atoms with Gasteiger partial charge in [-0.1, -0.05) is 0 Å². The van der Waals surface area contributed by atoms with E-state index in [9.17, 15) is 0 Å². The Morgan fingerprint density at radius 2 is 2.09 bits per heavy atom. The molecule has 5 heteroatoms. The summed E-state index contributed by atoms with van der Waals surface area (Å²) in [4.78, 5) is 8.13. The molecule has 3 aromatic heterocycles. The first-order valence-electron chi connectivity index (χ1n) is 7.34. The molecule has 0 aliphatic rings. The Morgan fingerprint density at radius 1 is 1.27 bits per heavy atom. The minimum Gasteiger partial charge on any atom is -0.458 e. The van der Waals surface area contributed by atoms with Gasteiger partial charge in [0.15, 0.2) is 11.6 Å². The highest BCUT2D eigenvalue weighted by atomic mass is 32.1. The van der Waals surface area contributed by atoms with Crippen molar-refractivity contribution in [3.05, 3.63) is 52.2 Å². The van der Waals surface area contributed by atoms with Crippen molar-refractivity contribution in [2.75, 3.05) is 14.1 Å². The monoisotopic (exact) mass is 315 g/mol. The second kappa shape index (κ2) is 6.10. The van der Waals surface area contributed by atoms with Gasteiger partial charge in [0, 0.05) is 23.8 Å². The summed E-state index contributed by atoms with van der Waals surface area (Å²) in [6.07, 6.45) is 3.85. The molecule has 0 fully saturated rings. The molecule has 22 heavy (non-hydrogen) atoms. The van der Waals surface area contributed by atoms with Crippen molar-refractivity contribution in [2.45, 2.75) is 26.4 Å². The molecule has 3 rings (SSSR count). The molecule has 0 saturated heterocycles. The molecular weight excluding hydrogens is 294 g/mol. The van der Waals surface area contributed by atoms with E-state index in [0.29, 0.717) is 6.04 Å². The maximum Gasteiger partial charge on any atom is 0.176 e. The van der Waals surface area contributed by atoms with Crippen LogP contribution in [0.4, 0.5) is 0 Å². The number of imidazole rings is 1. The minimum absolute atomic E-state index is 0.323. The Labute approximate surface area is 135 Å². The number of hydrogen-bond donors (Lipinski definition) is 0. The van der Waals surface area contributed by atoms with Crippen molar-refractivity contribution in [1.29, 1.82) is 0 Å². The van der Waals surface area contributed by atoms with Gasteiger partial charge in [0.05, 0.1) is 6.04 Å². The van der Waals surface area contributed by atoms with Crippen LogP contribution < -0.4 is 0 Å². The van der Waals surface area contributed by atoms with Gasteiger partial charge in [0.1, 0.15) is 5.76 Å². The van der Waals surface area contributed by atoms with Gasteiger partial charge in [-0.3, -0.25) is 0 Å². The van der Waals surface area contributed by atoms with Crippen molar-refractivity contribution in [3.63, 3.8) is 0 Å². The standard InChI is InChI=1S/C17H21N3OS/c1-12-7-10-22-16(12)14(19(3)4)11-20-9-8-18-17(20)15-6-5-13(2)21-15/h5-10,14H,11H2,1-4H3/t14-/m0/s1. The number of furan rings is 1. The predicted octanol–water partition coefficient (Wildman–Crippen LogP) is 4.12. The number of aromatic nitrogens is 2. The summed E-state index contributed by atoms with van der Waals surface area (Å²) in [7, 11) is 4.24. The Morgan fingerprint density at radius 3 is 2.68 bits per heavy atom. The van der Waals surface area contributed by atoms with Crippen LogP contribution >= 0.6 is 11.3 Å². The van der Waals surface area contributed by atoms with Crippen LogP contribution in [0.15, 0.2) is 40.4 Å². The zero-order valence-corrected chi connectivity index (χ0v) is 14.2. The zero-order valence-electron chi connectivity index (χ0n) is 13.4. The van der Waals surface area contributed by atoms with Crippen molar-refractivity contribution >= 4 is 11.3 Å². The fourth-order valence-electron chi connectivity index (χ4n) is 2.63. The van der Waals surface area contributed by atoms with Gasteiger partial charge in [-0.2, -0.15) is 0 Å². The molecule has 0 spiro atoms. The fourth-order valence-corrected chi connectivity index (χ4v) is 3.74. The molecule has 0 aliphatic carbocycles. The number of thiophene rings is 1. The zero-order chi connectivity index (χ0) is 15.7. The maximum absolute atomic E-state index is 5.73. The molecular formula is C17H21N3OS. The van der Waals surface area contributed by atoms with Crippen LogP contribution in [0.1, 0.15) is 22.2 Å². The Hall–Kier alpha value is -1.85. The Balaban J connectivity index is 1.92. The van der Waals surface area contributed by atoms with Crippen molar-refractivity contribution < 1.29 is 4.42 Å². The molecule has 3 heterocycles. The van der Waals surface area contributed by atoms with Crippen LogP contribution in [-0.2, 0) is 6.54 Å². The fraction of sp³-hybridized carbons (Fsp3) is 0.353. The van der Waals surface area contributed by atoms with Crippen LogP contribution in [0.2, 0.25) is 0 Å². The molecule has 0 saturated carbocycles. The van der Waals surface area contributed by atoms with Gasteiger partial charge in [-0.05, 0) is 57.1 Å². The lowest BCUT2D eigenvalue weighted by atomic mass is 10.1. The summed E-state index contributed by atoms with van der Waals surface area (Å²) >= 11 is 1.81. The van der Waals surface area contributed by atoms with Crippen LogP contribution in [0.5, 0.6) is 0 Å².